The fourth-order valence-corrected chi connectivity index (χ4v) is 11.7. The van der Waals surface area contributed by atoms with Crippen LogP contribution in [0.5, 0.6) is 0 Å². The van der Waals surface area contributed by atoms with Crippen molar-refractivity contribution in [3.05, 3.63) is 297 Å². The van der Waals surface area contributed by atoms with Crippen LogP contribution in [0.2, 0.25) is 0 Å². The van der Waals surface area contributed by atoms with Gasteiger partial charge in [-0.05, 0) is 93.0 Å². The first-order valence-corrected chi connectivity index (χ1v) is 27.2. The number of fused-ring (bicyclic) bond motifs is 6. The van der Waals surface area contributed by atoms with Crippen LogP contribution in [0.25, 0.3) is 145 Å². The molecule has 0 fully saturated rings. The van der Waals surface area contributed by atoms with Crippen molar-refractivity contribution in [1.82, 2.24) is 24.1 Å². The van der Waals surface area contributed by atoms with Crippen LogP contribution in [-0.4, -0.2) is 24.1 Å². The maximum Gasteiger partial charge on any atom is 0.164 e. The Hall–Kier alpha value is -10.8. The summed E-state index contributed by atoms with van der Waals surface area (Å²) in [6, 6.07) is 107. The van der Waals surface area contributed by atoms with Crippen molar-refractivity contribution in [1.29, 1.82) is 0 Å². The maximum absolute atomic E-state index is 5.36. The van der Waals surface area contributed by atoms with E-state index >= 15 is 0 Å². The molecule has 0 aliphatic rings. The van der Waals surface area contributed by atoms with Crippen molar-refractivity contribution in [2.75, 3.05) is 0 Å². The summed E-state index contributed by atoms with van der Waals surface area (Å²) < 4.78 is 4.94. The third kappa shape index (κ3) is 8.24. The summed E-state index contributed by atoms with van der Waals surface area (Å²) in [5.41, 5.74) is 20.4. The molecule has 5 nitrogen and oxygen atoms in total. The molecule has 0 unspecified atom stereocenters. The lowest BCUT2D eigenvalue weighted by Crippen LogP contribution is -2.04. The van der Waals surface area contributed by atoms with Gasteiger partial charge in [-0.25, -0.2) is 15.0 Å². The second-order valence-electron chi connectivity index (χ2n) is 20.3. The summed E-state index contributed by atoms with van der Waals surface area (Å²) in [5.74, 6) is 1.80. The van der Waals surface area contributed by atoms with Crippen molar-refractivity contribution < 1.29 is 0 Å². The Kier molecular flexibility index (Phi) is 11.4. The normalized spacial score (nSPS) is 11.5. The fourth-order valence-electron chi connectivity index (χ4n) is 11.7. The van der Waals surface area contributed by atoms with Crippen LogP contribution in [0.1, 0.15) is 0 Å². The summed E-state index contributed by atoms with van der Waals surface area (Å²) >= 11 is 0. The first-order valence-electron chi connectivity index (χ1n) is 27.2. The highest BCUT2D eigenvalue weighted by Crippen LogP contribution is 2.46. The predicted molar refractivity (Wildman–Crippen MR) is 332 cm³/mol. The molecule has 3 aromatic heterocycles. The van der Waals surface area contributed by atoms with Gasteiger partial charge in [-0.3, -0.25) is 0 Å². The number of aromatic nitrogens is 5. The Morgan fingerprint density at radius 1 is 0.200 bits per heavy atom. The molecule has 0 aliphatic carbocycles. The molecule has 0 aliphatic heterocycles. The third-order valence-electron chi connectivity index (χ3n) is 15.6. The molecule has 15 rings (SSSR count). The summed E-state index contributed by atoms with van der Waals surface area (Å²) in [7, 11) is 0. The molecule has 0 spiro atoms. The second kappa shape index (κ2) is 19.7. The molecule has 3 heterocycles. The van der Waals surface area contributed by atoms with Crippen LogP contribution in [-0.2, 0) is 0 Å². The number of benzene rings is 12. The molecule has 0 atom stereocenters. The molecule has 0 radical (unpaired) electrons. The molecule has 80 heavy (non-hydrogen) atoms. The van der Waals surface area contributed by atoms with Gasteiger partial charge < -0.3 is 9.13 Å². The third-order valence-corrected chi connectivity index (χ3v) is 15.6. The van der Waals surface area contributed by atoms with Crippen molar-refractivity contribution in [2.24, 2.45) is 0 Å². The predicted octanol–water partition coefficient (Wildman–Crippen LogP) is 19.4. The van der Waals surface area contributed by atoms with Gasteiger partial charge in [0, 0.05) is 55.0 Å². The van der Waals surface area contributed by atoms with Crippen LogP contribution in [0.3, 0.4) is 0 Å². The molecule has 0 saturated carbocycles. The number of rotatable bonds is 10. The van der Waals surface area contributed by atoms with E-state index in [-0.39, 0.29) is 0 Å². The van der Waals surface area contributed by atoms with Gasteiger partial charge in [0.2, 0.25) is 0 Å². The lowest BCUT2D eigenvalue weighted by atomic mass is 9.91. The van der Waals surface area contributed by atoms with E-state index in [2.05, 4.69) is 270 Å². The minimum atomic E-state index is 0.581. The fraction of sp³-hybridized carbons (Fsp3) is 0. The Labute approximate surface area is 463 Å². The van der Waals surface area contributed by atoms with Gasteiger partial charge in [0.05, 0.1) is 27.8 Å². The number of para-hydroxylation sites is 2. The molecule has 0 saturated heterocycles. The first kappa shape index (κ1) is 46.5. The van der Waals surface area contributed by atoms with E-state index in [1.807, 2.05) is 36.4 Å². The zero-order valence-corrected chi connectivity index (χ0v) is 43.5. The average Bonchev–Trinajstić information content (AvgIpc) is 4.28. The van der Waals surface area contributed by atoms with Crippen molar-refractivity contribution in [3.8, 4) is 101 Å². The molecular formula is C75H49N5. The molecule has 0 amide bonds. The van der Waals surface area contributed by atoms with E-state index in [1.54, 1.807) is 0 Å². The Morgan fingerprint density at radius 2 is 0.550 bits per heavy atom. The van der Waals surface area contributed by atoms with E-state index in [0.29, 0.717) is 17.5 Å². The van der Waals surface area contributed by atoms with Gasteiger partial charge in [-0.2, -0.15) is 0 Å². The van der Waals surface area contributed by atoms with E-state index in [1.165, 1.54) is 21.8 Å². The molecular weight excluding hydrogens is 971 g/mol. The summed E-state index contributed by atoms with van der Waals surface area (Å²) in [5, 5.41) is 4.76. The van der Waals surface area contributed by atoms with Crippen molar-refractivity contribution in [2.45, 2.75) is 0 Å². The van der Waals surface area contributed by atoms with Crippen LogP contribution in [0, 0.1) is 0 Å². The standard InChI is InChI=1S/C75H49N5/c1-6-20-50(21-7-1)53-34-38-55(39-35-53)65-46-60(75-77-73(57-26-12-4-13-27-57)76-74(78-75)58-28-14-5-15-29-58)47-66(56-40-36-54(37-41-56)51-22-8-2-9-23-51)72(65)80-70-45-43-61(79-68-32-18-16-30-62(68)63-31-17-19-33-69(63)79)49-67(70)64-44-42-59(48-71(64)80)52-24-10-3-11-25-52/h1-49H. The molecule has 15 aromatic rings. The Balaban J connectivity index is 1.06. The van der Waals surface area contributed by atoms with Gasteiger partial charge in [-0.15, -0.1) is 0 Å². The molecule has 374 valence electrons. The highest BCUT2D eigenvalue weighted by atomic mass is 15.0. The Bertz CT molecular complexity index is 4550. The minimum absolute atomic E-state index is 0.581. The molecule has 0 N–H and O–H groups in total. The van der Waals surface area contributed by atoms with Crippen molar-refractivity contribution in [3.63, 3.8) is 0 Å². The van der Waals surface area contributed by atoms with Gasteiger partial charge >= 0.3 is 0 Å². The number of hydrogen-bond donors (Lipinski definition) is 0. The zero-order valence-electron chi connectivity index (χ0n) is 43.5. The van der Waals surface area contributed by atoms with Gasteiger partial charge in [0.1, 0.15) is 0 Å². The first-order chi connectivity index (χ1) is 39.7. The Morgan fingerprint density at radius 3 is 1.02 bits per heavy atom. The zero-order chi connectivity index (χ0) is 52.9. The molecule has 5 heteroatoms. The lowest BCUT2D eigenvalue weighted by Gasteiger charge is -2.22. The average molecular weight is 1020 g/mol. The van der Waals surface area contributed by atoms with E-state index < -0.39 is 0 Å². The maximum atomic E-state index is 5.36. The van der Waals surface area contributed by atoms with E-state index in [4.69, 9.17) is 15.0 Å². The van der Waals surface area contributed by atoms with Crippen LogP contribution < -0.4 is 0 Å². The van der Waals surface area contributed by atoms with Crippen LogP contribution in [0.15, 0.2) is 297 Å². The van der Waals surface area contributed by atoms with Gasteiger partial charge in [-0.1, -0.05) is 249 Å². The van der Waals surface area contributed by atoms with Crippen molar-refractivity contribution >= 4 is 43.6 Å². The largest absolute Gasteiger partial charge is 0.309 e. The van der Waals surface area contributed by atoms with Crippen LogP contribution >= 0.6 is 0 Å². The minimum Gasteiger partial charge on any atom is -0.309 e. The summed E-state index contributed by atoms with van der Waals surface area (Å²) in [6.07, 6.45) is 0. The highest BCUT2D eigenvalue weighted by molar-refractivity contribution is 6.14. The van der Waals surface area contributed by atoms with Crippen LogP contribution in [0.4, 0.5) is 0 Å². The lowest BCUT2D eigenvalue weighted by molar-refractivity contribution is 1.07. The summed E-state index contributed by atoms with van der Waals surface area (Å²) in [6.45, 7) is 0. The second-order valence-corrected chi connectivity index (χ2v) is 20.3. The smallest absolute Gasteiger partial charge is 0.164 e. The molecule has 0 bridgehead atoms. The number of nitrogens with zero attached hydrogens (tertiary/aromatic N) is 5. The SMILES string of the molecule is c1ccc(-c2ccc(-c3cc(-c4nc(-c5ccccc5)nc(-c5ccccc5)n4)cc(-c4ccc(-c5ccccc5)cc4)c3-n3c4ccc(-n5c6ccccc6c6ccccc65)cc4c4ccc(-c5ccccc5)cc43)cc2)cc1. The quantitative estimate of drug-likeness (QED) is 0.137. The molecule has 12 aromatic carbocycles. The van der Waals surface area contributed by atoms with Gasteiger partial charge in [0.15, 0.2) is 17.5 Å². The monoisotopic (exact) mass is 1020 g/mol. The summed E-state index contributed by atoms with van der Waals surface area (Å²) in [4.78, 5) is 15.8. The number of hydrogen-bond acceptors (Lipinski definition) is 3. The van der Waals surface area contributed by atoms with Gasteiger partial charge in [0.25, 0.3) is 0 Å². The van der Waals surface area contributed by atoms with E-state index in [0.717, 1.165) is 106 Å². The highest BCUT2D eigenvalue weighted by Gasteiger charge is 2.25. The van der Waals surface area contributed by atoms with E-state index in [9.17, 15) is 0 Å². The topological polar surface area (TPSA) is 48.5 Å².